The van der Waals surface area contributed by atoms with E-state index < -0.39 is 5.92 Å². The van der Waals surface area contributed by atoms with Crippen LogP contribution in [0.15, 0.2) is 64.5 Å². The molecule has 0 aliphatic heterocycles. The maximum Gasteiger partial charge on any atom is 0.156 e. The fourth-order valence-corrected chi connectivity index (χ4v) is 3.40. The predicted octanol–water partition coefficient (Wildman–Crippen LogP) is 6.23. The average Bonchev–Trinajstić information content (AvgIpc) is 2.59. The lowest BCUT2D eigenvalue weighted by Crippen LogP contribution is -2.17. The zero-order valence-corrected chi connectivity index (χ0v) is 17.4. The van der Waals surface area contributed by atoms with Gasteiger partial charge in [0.25, 0.3) is 0 Å². The number of nitriles is 1. The number of Topliss-reactive ketones (excluding diaryl/α,β-unsaturated/α-hetero) is 1. The maximum absolute atomic E-state index is 12.6. The Hall–Kier alpha value is -2.86. The molecule has 0 aliphatic carbocycles. The number of aliphatic hydroxyl groups excluding tert-OH is 1. The summed E-state index contributed by atoms with van der Waals surface area (Å²) in [4.78, 5) is 12.6. The number of hydrogen-bond acceptors (Lipinski definition) is 3. The number of rotatable bonds is 6. The molecule has 0 saturated carbocycles. The maximum atomic E-state index is 12.6. The second-order valence-corrected chi connectivity index (χ2v) is 7.04. The van der Waals surface area contributed by atoms with Gasteiger partial charge in [0.15, 0.2) is 5.78 Å². The molecule has 0 aliphatic rings. The van der Waals surface area contributed by atoms with Gasteiger partial charge >= 0.3 is 0 Å². The average molecular weight is 364 g/mol. The van der Waals surface area contributed by atoms with Crippen LogP contribution in [0, 0.1) is 18.3 Å². The van der Waals surface area contributed by atoms with Crippen molar-refractivity contribution in [2.24, 2.45) is 0 Å². The van der Waals surface area contributed by atoms with E-state index in [9.17, 15) is 15.2 Å². The Bertz CT molecular complexity index is 901. The summed E-state index contributed by atoms with van der Waals surface area (Å²) in [6.45, 7) is 16.9. The predicted molar refractivity (Wildman–Crippen MR) is 112 cm³/mol. The molecule has 0 amide bonds. The molecule has 0 radical (unpaired) electrons. The summed E-state index contributed by atoms with van der Waals surface area (Å²) in [5, 5.41) is 19.7. The number of carbonyl (C=O) groups is 1. The Morgan fingerprint density at radius 1 is 1.19 bits per heavy atom. The van der Waals surface area contributed by atoms with Gasteiger partial charge < -0.3 is 5.11 Å². The van der Waals surface area contributed by atoms with E-state index in [0.717, 1.165) is 27.8 Å². The van der Waals surface area contributed by atoms with Crippen LogP contribution in [0.4, 0.5) is 0 Å². The third-order valence-corrected chi connectivity index (χ3v) is 4.94. The van der Waals surface area contributed by atoms with E-state index >= 15 is 0 Å². The molecule has 27 heavy (non-hydrogen) atoms. The van der Waals surface area contributed by atoms with Crippen molar-refractivity contribution in [2.75, 3.05) is 0 Å². The molecule has 0 bridgehead atoms. The summed E-state index contributed by atoms with van der Waals surface area (Å²) >= 11 is 0. The van der Waals surface area contributed by atoms with Crippen LogP contribution in [0.3, 0.4) is 0 Å². The number of benzene rings is 1. The van der Waals surface area contributed by atoms with Gasteiger partial charge in [-0.15, -0.1) is 0 Å². The minimum absolute atomic E-state index is 0.0477. The van der Waals surface area contributed by atoms with Gasteiger partial charge in [0, 0.05) is 17.1 Å². The van der Waals surface area contributed by atoms with E-state index in [4.69, 9.17) is 0 Å². The zero-order valence-electron chi connectivity index (χ0n) is 17.4. The third-order valence-electron chi connectivity index (χ3n) is 4.94. The highest BCUT2D eigenvalue weighted by molar-refractivity contribution is 5.96. The van der Waals surface area contributed by atoms with E-state index in [1.807, 2.05) is 53.7 Å². The lowest BCUT2D eigenvalue weighted by atomic mass is 9.76. The largest absolute Gasteiger partial charge is 0.508 e. The van der Waals surface area contributed by atoms with Crippen LogP contribution >= 0.6 is 0 Å². The molecule has 3 heteroatoms. The second kappa shape index (κ2) is 9.19. The number of nitrogens with zero attached hydrogens (tertiary/aromatic N) is 1. The molecule has 1 unspecified atom stereocenters. The van der Waals surface area contributed by atoms with E-state index in [-0.39, 0.29) is 11.5 Å². The lowest BCUT2D eigenvalue weighted by molar-refractivity contribution is -0.113. The van der Waals surface area contributed by atoms with Crippen LogP contribution in [-0.4, -0.2) is 10.9 Å². The van der Waals surface area contributed by atoms with Crippen LogP contribution in [0.5, 0.6) is 0 Å². The molecule has 1 N–H and O–H groups in total. The number of aryl methyl sites for hydroxylation is 1. The molecule has 1 aromatic carbocycles. The van der Waals surface area contributed by atoms with Crippen LogP contribution in [0.2, 0.25) is 0 Å². The minimum Gasteiger partial charge on any atom is -0.508 e. The standard InChI is InChI=1S/C24H29NO2/c1-9-15(4)17(6)23(19(8)27)24(22(14(2)3)18(7)26)21-11-10-20(13-25)12-16(21)5/h9-12,24,27H,8H2,1-7H3/b15-9-,23-17+. The molecule has 0 saturated heterocycles. The van der Waals surface area contributed by atoms with Gasteiger partial charge in [-0.2, -0.15) is 5.26 Å². The molecule has 0 spiro atoms. The van der Waals surface area contributed by atoms with Crippen LogP contribution in [0.25, 0.3) is 0 Å². The summed E-state index contributed by atoms with van der Waals surface area (Å²) < 4.78 is 0. The first-order chi connectivity index (χ1) is 12.6. The van der Waals surface area contributed by atoms with Gasteiger partial charge in [0.1, 0.15) is 5.76 Å². The van der Waals surface area contributed by atoms with E-state index in [1.54, 1.807) is 19.1 Å². The van der Waals surface area contributed by atoms with Crippen LogP contribution in [-0.2, 0) is 4.79 Å². The number of hydrogen-bond donors (Lipinski definition) is 1. The fourth-order valence-electron chi connectivity index (χ4n) is 3.40. The van der Waals surface area contributed by atoms with E-state index in [2.05, 4.69) is 12.6 Å². The Morgan fingerprint density at radius 2 is 1.78 bits per heavy atom. The number of carbonyl (C=O) groups excluding carboxylic acids is 1. The highest BCUT2D eigenvalue weighted by Gasteiger charge is 2.30. The first-order valence-electron chi connectivity index (χ1n) is 8.97. The van der Waals surface area contributed by atoms with Crippen LogP contribution in [0.1, 0.15) is 64.2 Å². The van der Waals surface area contributed by atoms with Gasteiger partial charge in [-0.1, -0.05) is 29.9 Å². The van der Waals surface area contributed by atoms with Crippen molar-refractivity contribution in [3.05, 3.63) is 81.2 Å². The van der Waals surface area contributed by atoms with Crippen molar-refractivity contribution in [1.29, 1.82) is 5.26 Å². The van der Waals surface area contributed by atoms with Crippen molar-refractivity contribution in [3.63, 3.8) is 0 Å². The SMILES string of the molecule is C=C(O)/C(=C(C)\C(C)=C/C)C(C(C(C)=O)=C(C)C)c1ccc(C#N)cc1C. The number of allylic oxidation sites excluding steroid dienone is 6. The first kappa shape index (κ1) is 22.2. The molecule has 0 aromatic heterocycles. The van der Waals surface area contributed by atoms with Gasteiger partial charge in [-0.25, -0.2) is 0 Å². The summed E-state index contributed by atoms with van der Waals surface area (Å²) in [6.07, 6.45) is 1.97. The monoisotopic (exact) mass is 363 g/mol. The zero-order chi connectivity index (χ0) is 20.9. The molecule has 0 fully saturated rings. The Labute approximate surface area is 163 Å². The number of ketones is 1. The summed E-state index contributed by atoms with van der Waals surface area (Å²) in [7, 11) is 0. The van der Waals surface area contributed by atoms with Gasteiger partial charge in [-0.3, -0.25) is 4.79 Å². The molecule has 1 aromatic rings. The molecule has 1 atom stereocenters. The quantitative estimate of drug-likeness (QED) is 0.370. The van der Waals surface area contributed by atoms with Crippen molar-refractivity contribution >= 4 is 5.78 Å². The van der Waals surface area contributed by atoms with Crippen molar-refractivity contribution in [3.8, 4) is 6.07 Å². The lowest BCUT2D eigenvalue weighted by Gasteiger charge is -2.27. The van der Waals surface area contributed by atoms with E-state index in [1.165, 1.54) is 0 Å². The van der Waals surface area contributed by atoms with Gasteiger partial charge in [0.2, 0.25) is 0 Å². The molecule has 3 nitrogen and oxygen atoms in total. The fraction of sp³-hybridized carbons (Fsp3) is 0.333. The molecule has 142 valence electrons. The number of aliphatic hydroxyl groups is 1. The summed E-state index contributed by atoms with van der Waals surface area (Å²) in [6, 6.07) is 7.56. The highest BCUT2D eigenvalue weighted by Crippen LogP contribution is 2.41. The van der Waals surface area contributed by atoms with Crippen molar-refractivity contribution < 1.29 is 9.90 Å². The molecular weight excluding hydrogens is 334 g/mol. The summed E-state index contributed by atoms with van der Waals surface area (Å²) in [5.74, 6) is -0.552. The van der Waals surface area contributed by atoms with Gasteiger partial charge in [-0.05, 0) is 77.3 Å². The normalized spacial score (nSPS) is 13.3. The first-order valence-corrected chi connectivity index (χ1v) is 8.97. The third kappa shape index (κ3) is 4.86. The molecule has 1 rings (SSSR count). The second-order valence-electron chi connectivity index (χ2n) is 7.04. The Balaban J connectivity index is 4.02. The topological polar surface area (TPSA) is 61.1 Å². The highest BCUT2D eigenvalue weighted by atomic mass is 16.3. The van der Waals surface area contributed by atoms with Crippen molar-refractivity contribution in [2.45, 2.75) is 54.4 Å². The van der Waals surface area contributed by atoms with Crippen molar-refractivity contribution in [1.82, 2.24) is 0 Å². The van der Waals surface area contributed by atoms with E-state index in [0.29, 0.717) is 16.7 Å². The minimum atomic E-state index is -0.451. The Morgan fingerprint density at radius 3 is 2.15 bits per heavy atom. The molecular formula is C24H29NO2. The molecule has 0 heterocycles. The van der Waals surface area contributed by atoms with Gasteiger partial charge in [0.05, 0.1) is 11.6 Å². The Kier molecular flexibility index (Phi) is 7.55. The summed E-state index contributed by atoms with van der Waals surface area (Å²) in [5.41, 5.74) is 6.39. The smallest absolute Gasteiger partial charge is 0.156 e. The van der Waals surface area contributed by atoms with Crippen LogP contribution < -0.4 is 0 Å².